The smallest absolute Gasteiger partial charge is 0.232 e. The van der Waals surface area contributed by atoms with Crippen LogP contribution in [-0.4, -0.2) is 35.0 Å². The Morgan fingerprint density at radius 2 is 2.14 bits per heavy atom. The molecule has 0 spiro atoms. The van der Waals surface area contributed by atoms with E-state index in [0.717, 1.165) is 24.4 Å². The van der Waals surface area contributed by atoms with Gasteiger partial charge in [-0.3, -0.25) is 15.0 Å². The van der Waals surface area contributed by atoms with Gasteiger partial charge in [0.05, 0.1) is 12.5 Å². The molecular formula is C17H23ClN2O2. The van der Waals surface area contributed by atoms with E-state index in [1.54, 1.807) is 0 Å². The second-order valence-corrected chi connectivity index (χ2v) is 7.31. The highest BCUT2D eigenvalue weighted by atomic mass is 35.5. The number of hydrogen-bond donors (Lipinski definition) is 0. The van der Waals surface area contributed by atoms with E-state index in [2.05, 4.69) is 11.8 Å². The molecule has 1 saturated heterocycles. The minimum atomic E-state index is -0.525. The molecule has 2 fully saturated rings. The van der Waals surface area contributed by atoms with Crippen LogP contribution in [-0.2, 0) is 0 Å². The highest BCUT2D eigenvalue weighted by molar-refractivity contribution is 6.30. The average molecular weight is 323 g/mol. The molecule has 1 aliphatic heterocycles. The normalized spacial score (nSPS) is 33.0. The zero-order valence-corrected chi connectivity index (χ0v) is 13.7. The molecule has 2 unspecified atom stereocenters. The van der Waals surface area contributed by atoms with Gasteiger partial charge in [0.25, 0.3) is 0 Å². The van der Waals surface area contributed by atoms with Gasteiger partial charge in [0, 0.05) is 16.0 Å². The van der Waals surface area contributed by atoms with Crippen molar-refractivity contribution in [2.24, 2.45) is 5.92 Å². The molecule has 0 amide bonds. The number of benzene rings is 1. The summed E-state index contributed by atoms with van der Waals surface area (Å²) in [7, 11) is 0. The fraction of sp³-hybridized carbons (Fsp3) is 0.647. The van der Waals surface area contributed by atoms with Crippen molar-refractivity contribution in [3.8, 4) is 0 Å². The predicted molar refractivity (Wildman–Crippen MR) is 88.0 cm³/mol. The average Bonchev–Trinajstić information content (AvgIpc) is 2.93. The van der Waals surface area contributed by atoms with Crippen LogP contribution in [0.5, 0.6) is 0 Å². The van der Waals surface area contributed by atoms with Crippen molar-refractivity contribution in [3.05, 3.63) is 45.0 Å². The molecule has 3 rings (SSSR count). The van der Waals surface area contributed by atoms with Crippen molar-refractivity contribution >= 4 is 11.6 Å². The maximum atomic E-state index is 11.6. The monoisotopic (exact) mass is 322 g/mol. The fourth-order valence-corrected chi connectivity index (χ4v) is 4.33. The number of halogens is 1. The first kappa shape index (κ1) is 15.8. The lowest BCUT2D eigenvalue weighted by Crippen LogP contribution is -2.49. The summed E-state index contributed by atoms with van der Waals surface area (Å²) < 4.78 is 0. The molecule has 0 bridgehead atoms. The lowest BCUT2D eigenvalue weighted by Gasteiger charge is -2.37. The summed E-state index contributed by atoms with van der Waals surface area (Å²) in [5.74, 6) is 0.730. The predicted octanol–water partition coefficient (Wildman–Crippen LogP) is 3.96. The van der Waals surface area contributed by atoms with Crippen LogP contribution in [0.1, 0.15) is 44.1 Å². The Morgan fingerprint density at radius 3 is 2.77 bits per heavy atom. The van der Waals surface area contributed by atoms with E-state index in [9.17, 15) is 10.1 Å². The molecule has 1 aromatic rings. The summed E-state index contributed by atoms with van der Waals surface area (Å²) in [5, 5.41) is 12.3. The summed E-state index contributed by atoms with van der Waals surface area (Å²) in [5.41, 5.74) is 1.01. The Hall–Kier alpha value is -1.13. The molecule has 0 aromatic heterocycles. The maximum absolute atomic E-state index is 11.6. The van der Waals surface area contributed by atoms with Gasteiger partial charge in [-0.1, -0.05) is 30.7 Å². The first-order valence-corrected chi connectivity index (χ1v) is 8.55. The Labute approximate surface area is 136 Å². The summed E-state index contributed by atoms with van der Waals surface area (Å²) >= 11 is 6.06. The van der Waals surface area contributed by atoms with Crippen LogP contribution in [0.25, 0.3) is 0 Å². The zero-order valence-electron chi connectivity index (χ0n) is 13.0. The molecule has 4 nitrogen and oxygen atoms in total. The van der Waals surface area contributed by atoms with E-state index in [-0.39, 0.29) is 10.8 Å². The highest BCUT2D eigenvalue weighted by Gasteiger charge is 2.41. The Bertz CT molecular complexity index is 551. The standard InChI is InChI=1S/C17H23ClN2O2/c1-12-5-6-15(9-12)19-8-7-16(17(11-19)20(21)22)13-3-2-4-14(18)10-13/h2-4,10,12,15-17H,5-9,11H2,1H3/t12?,15?,16-,17+/m0/s1. The van der Waals surface area contributed by atoms with E-state index >= 15 is 0 Å². The molecule has 1 aliphatic carbocycles. The maximum Gasteiger partial charge on any atom is 0.232 e. The summed E-state index contributed by atoms with van der Waals surface area (Å²) in [6.07, 6.45) is 4.47. The Kier molecular flexibility index (Phi) is 4.69. The van der Waals surface area contributed by atoms with Crippen LogP contribution in [0, 0.1) is 16.0 Å². The molecule has 4 atom stereocenters. The van der Waals surface area contributed by atoms with Gasteiger partial charge in [-0.15, -0.1) is 0 Å². The van der Waals surface area contributed by atoms with Crippen molar-refractivity contribution in [2.75, 3.05) is 13.1 Å². The van der Waals surface area contributed by atoms with Crippen LogP contribution in [0.3, 0.4) is 0 Å². The molecular weight excluding hydrogens is 300 g/mol. The van der Waals surface area contributed by atoms with Crippen LogP contribution in [0.2, 0.25) is 5.02 Å². The van der Waals surface area contributed by atoms with E-state index < -0.39 is 6.04 Å². The number of nitro groups is 1. The third kappa shape index (κ3) is 3.28. The third-order valence-electron chi connectivity index (χ3n) is 5.34. The minimum absolute atomic E-state index is 0.0243. The van der Waals surface area contributed by atoms with Crippen molar-refractivity contribution in [1.29, 1.82) is 0 Å². The molecule has 0 N–H and O–H groups in total. The second kappa shape index (κ2) is 6.55. The Balaban J connectivity index is 1.75. The van der Waals surface area contributed by atoms with Gasteiger partial charge in [0.2, 0.25) is 6.04 Å². The minimum Gasteiger partial charge on any atom is -0.294 e. The highest BCUT2D eigenvalue weighted by Crippen LogP contribution is 2.36. The number of rotatable bonds is 3. The summed E-state index contributed by atoms with van der Waals surface area (Å²) in [6.45, 7) is 3.81. The van der Waals surface area contributed by atoms with Crippen LogP contribution in [0.15, 0.2) is 24.3 Å². The summed E-state index contributed by atoms with van der Waals surface area (Å²) in [4.78, 5) is 13.9. The SMILES string of the molecule is CC1CCC(N2CC[C@@H](c3cccc(Cl)c3)[C@H]([N+](=O)[O-])C2)C1. The number of likely N-dealkylation sites (tertiary alicyclic amines) is 1. The van der Waals surface area contributed by atoms with Crippen molar-refractivity contribution in [1.82, 2.24) is 4.90 Å². The largest absolute Gasteiger partial charge is 0.294 e. The van der Waals surface area contributed by atoms with E-state index in [1.807, 2.05) is 24.3 Å². The van der Waals surface area contributed by atoms with Crippen molar-refractivity contribution in [2.45, 2.75) is 50.6 Å². The lowest BCUT2D eigenvalue weighted by atomic mass is 9.85. The number of piperidine rings is 1. The molecule has 22 heavy (non-hydrogen) atoms. The first-order valence-electron chi connectivity index (χ1n) is 8.17. The molecule has 120 valence electrons. The molecule has 0 radical (unpaired) electrons. The van der Waals surface area contributed by atoms with E-state index in [4.69, 9.17) is 11.6 Å². The van der Waals surface area contributed by atoms with Crippen LogP contribution < -0.4 is 0 Å². The van der Waals surface area contributed by atoms with Gasteiger partial charge < -0.3 is 0 Å². The van der Waals surface area contributed by atoms with Gasteiger partial charge in [-0.2, -0.15) is 0 Å². The lowest BCUT2D eigenvalue weighted by molar-refractivity contribution is -0.530. The van der Waals surface area contributed by atoms with Crippen LogP contribution >= 0.6 is 11.6 Å². The van der Waals surface area contributed by atoms with Crippen molar-refractivity contribution < 1.29 is 4.92 Å². The second-order valence-electron chi connectivity index (χ2n) is 6.87. The number of nitrogens with zero attached hydrogens (tertiary/aromatic N) is 2. The first-order chi connectivity index (χ1) is 10.5. The van der Waals surface area contributed by atoms with Crippen LogP contribution in [0.4, 0.5) is 0 Å². The molecule has 1 saturated carbocycles. The van der Waals surface area contributed by atoms with Gasteiger partial charge in [-0.25, -0.2) is 0 Å². The number of hydrogen-bond acceptors (Lipinski definition) is 3. The fourth-order valence-electron chi connectivity index (χ4n) is 4.14. The molecule has 1 heterocycles. The molecule has 5 heteroatoms. The Morgan fingerprint density at radius 1 is 1.32 bits per heavy atom. The molecule has 2 aliphatic rings. The van der Waals surface area contributed by atoms with Gasteiger partial charge in [0.1, 0.15) is 0 Å². The van der Waals surface area contributed by atoms with E-state index in [1.165, 1.54) is 19.3 Å². The molecule has 1 aromatic carbocycles. The third-order valence-corrected chi connectivity index (χ3v) is 5.58. The van der Waals surface area contributed by atoms with E-state index in [0.29, 0.717) is 17.6 Å². The van der Waals surface area contributed by atoms with Gasteiger partial charge in [-0.05, 0) is 55.8 Å². The van der Waals surface area contributed by atoms with Gasteiger partial charge in [0.15, 0.2) is 0 Å². The zero-order chi connectivity index (χ0) is 15.7. The van der Waals surface area contributed by atoms with Crippen molar-refractivity contribution in [3.63, 3.8) is 0 Å². The topological polar surface area (TPSA) is 46.4 Å². The summed E-state index contributed by atoms with van der Waals surface area (Å²) in [6, 6.07) is 7.58. The quantitative estimate of drug-likeness (QED) is 0.625. The van der Waals surface area contributed by atoms with Gasteiger partial charge >= 0.3 is 0 Å².